The van der Waals surface area contributed by atoms with Crippen molar-refractivity contribution in [2.24, 2.45) is 7.05 Å². The van der Waals surface area contributed by atoms with E-state index in [0.717, 1.165) is 10.4 Å². The van der Waals surface area contributed by atoms with Crippen LogP contribution in [-0.4, -0.2) is 23.8 Å². The largest absolute Gasteiger partial charge is 0.493 e. The first kappa shape index (κ1) is 20.9. The molecule has 0 atom stereocenters. The van der Waals surface area contributed by atoms with E-state index in [2.05, 4.69) is 37.4 Å². The van der Waals surface area contributed by atoms with Gasteiger partial charge in [0.15, 0.2) is 11.5 Å². The standard InChI is InChI=1S/C24H25N3O3S/c1-14-6-7-17(15(2)10-14)13-25-24-26-18-12-21(31-22(18)23(28)27(24)3)16-8-9-19(29-4)20(11-16)30-5/h6-12H,13H2,1-5H3,(H,25,26). The summed E-state index contributed by atoms with van der Waals surface area (Å²) in [5.41, 5.74) is 5.19. The van der Waals surface area contributed by atoms with Gasteiger partial charge in [-0.2, -0.15) is 0 Å². The number of nitrogens with zero attached hydrogens (tertiary/aromatic N) is 2. The molecule has 4 rings (SSSR count). The van der Waals surface area contributed by atoms with Gasteiger partial charge in [-0.25, -0.2) is 4.98 Å². The second-order valence-electron chi connectivity index (χ2n) is 7.48. The van der Waals surface area contributed by atoms with E-state index in [-0.39, 0.29) is 5.56 Å². The summed E-state index contributed by atoms with van der Waals surface area (Å²) in [6.07, 6.45) is 0. The van der Waals surface area contributed by atoms with Crippen LogP contribution in [0.25, 0.3) is 20.7 Å². The lowest BCUT2D eigenvalue weighted by Gasteiger charge is -2.12. The number of ether oxygens (including phenoxy) is 2. The van der Waals surface area contributed by atoms with E-state index in [9.17, 15) is 4.79 Å². The minimum Gasteiger partial charge on any atom is -0.493 e. The van der Waals surface area contributed by atoms with Crippen molar-refractivity contribution < 1.29 is 9.47 Å². The van der Waals surface area contributed by atoms with Crippen LogP contribution < -0.4 is 20.3 Å². The molecule has 1 N–H and O–H groups in total. The van der Waals surface area contributed by atoms with Gasteiger partial charge in [0.1, 0.15) is 4.70 Å². The van der Waals surface area contributed by atoms with Crippen molar-refractivity contribution in [2.75, 3.05) is 19.5 Å². The van der Waals surface area contributed by atoms with Crippen LogP contribution in [0, 0.1) is 13.8 Å². The maximum atomic E-state index is 13.0. The lowest BCUT2D eigenvalue weighted by atomic mass is 10.1. The van der Waals surface area contributed by atoms with Crippen LogP contribution in [0.15, 0.2) is 47.3 Å². The summed E-state index contributed by atoms with van der Waals surface area (Å²) in [7, 11) is 4.96. The Kier molecular flexibility index (Phi) is 5.69. The Bertz CT molecular complexity index is 1320. The molecule has 2 aromatic carbocycles. The predicted octanol–water partition coefficient (Wildman–Crippen LogP) is 4.91. The molecule has 0 saturated carbocycles. The Hall–Kier alpha value is -3.32. The van der Waals surface area contributed by atoms with Crippen LogP contribution in [0.3, 0.4) is 0 Å². The SMILES string of the molecule is COc1ccc(-c2cc3nc(NCc4ccc(C)cc4C)n(C)c(=O)c3s2)cc1OC. The molecule has 160 valence electrons. The molecule has 0 fully saturated rings. The average molecular weight is 436 g/mol. The number of hydrogen-bond donors (Lipinski definition) is 1. The van der Waals surface area contributed by atoms with Crippen molar-refractivity contribution in [3.8, 4) is 21.9 Å². The van der Waals surface area contributed by atoms with Crippen LogP contribution in [0.2, 0.25) is 0 Å². The smallest absolute Gasteiger partial charge is 0.272 e. The van der Waals surface area contributed by atoms with Crippen molar-refractivity contribution in [2.45, 2.75) is 20.4 Å². The summed E-state index contributed by atoms with van der Waals surface area (Å²) in [4.78, 5) is 18.7. The first-order chi connectivity index (χ1) is 14.9. The van der Waals surface area contributed by atoms with Crippen molar-refractivity contribution in [3.63, 3.8) is 0 Å². The Morgan fingerprint density at radius 2 is 1.81 bits per heavy atom. The highest BCUT2D eigenvalue weighted by Gasteiger charge is 2.15. The van der Waals surface area contributed by atoms with Gasteiger partial charge < -0.3 is 14.8 Å². The highest BCUT2D eigenvalue weighted by molar-refractivity contribution is 7.22. The van der Waals surface area contributed by atoms with Crippen molar-refractivity contribution >= 4 is 27.5 Å². The molecule has 2 heterocycles. The predicted molar refractivity (Wildman–Crippen MR) is 127 cm³/mol. The van der Waals surface area contributed by atoms with Gasteiger partial charge in [-0.1, -0.05) is 23.8 Å². The molecule has 7 heteroatoms. The van der Waals surface area contributed by atoms with Gasteiger partial charge in [-0.15, -0.1) is 11.3 Å². The zero-order valence-corrected chi connectivity index (χ0v) is 19.1. The number of hydrogen-bond acceptors (Lipinski definition) is 6. The second-order valence-corrected chi connectivity index (χ2v) is 8.53. The fourth-order valence-corrected chi connectivity index (χ4v) is 4.63. The van der Waals surface area contributed by atoms with E-state index < -0.39 is 0 Å². The van der Waals surface area contributed by atoms with Gasteiger partial charge in [-0.3, -0.25) is 9.36 Å². The molecular formula is C24H25N3O3S. The van der Waals surface area contributed by atoms with E-state index in [1.807, 2.05) is 24.3 Å². The lowest BCUT2D eigenvalue weighted by molar-refractivity contribution is 0.355. The summed E-state index contributed by atoms with van der Waals surface area (Å²) in [5, 5.41) is 3.32. The quantitative estimate of drug-likeness (QED) is 0.466. The molecule has 0 amide bonds. The normalized spacial score (nSPS) is 11.0. The molecule has 0 aliphatic carbocycles. The van der Waals surface area contributed by atoms with Crippen LogP contribution >= 0.6 is 11.3 Å². The second kappa shape index (κ2) is 8.43. The summed E-state index contributed by atoms with van der Waals surface area (Å²) in [6, 6.07) is 14.0. The summed E-state index contributed by atoms with van der Waals surface area (Å²) in [5.74, 6) is 1.86. The van der Waals surface area contributed by atoms with Gasteiger partial charge in [0.25, 0.3) is 5.56 Å². The number of rotatable bonds is 6. The highest BCUT2D eigenvalue weighted by atomic mass is 32.1. The van der Waals surface area contributed by atoms with E-state index in [1.54, 1.807) is 25.8 Å². The number of aryl methyl sites for hydroxylation is 2. The molecule has 0 bridgehead atoms. The van der Waals surface area contributed by atoms with Crippen LogP contribution in [0.4, 0.5) is 5.95 Å². The molecule has 31 heavy (non-hydrogen) atoms. The monoisotopic (exact) mass is 435 g/mol. The zero-order chi connectivity index (χ0) is 22.1. The zero-order valence-electron chi connectivity index (χ0n) is 18.3. The average Bonchev–Trinajstić information content (AvgIpc) is 3.20. The minimum absolute atomic E-state index is 0.0649. The van der Waals surface area contributed by atoms with Crippen molar-refractivity contribution in [1.82, 2.24) is 9.55 Å². The maximum Gasteiger partial charge on any atom is 0.272 e. The van der Waals surface area contributed by atoms with Gasteiger partial charge in [0.05, 0.1) is 19.7 Å². The fraction of sp³-hybridized carbons (Fsp3) is 0.250. The third-order valence-electron chi connectivity index (χ3n) is 5.36. The Balaban J connectivity index is 1.69. The molecular weight excluding hydrogens is 410 g/mol. The Labute approximate surface area is 185 Å². The number of fused-ring (bicyclic) bond motifs is 1. The van der Waals surface area contributed by atoms with E-state index in [1.165, 1.54) is 28.0 Å². The molecule has 0 unspecified atom stereocenters. The van der Waals surface area contributed by atoms with Gasteiger partial charge in [-0.05, 0) is 54.8 Å². The summed E-state index contributed by atoms with van der Waals surface area (Å²) in [6.45, 7) is 4.77. The number of aromatic nitrogens is 2. The van der Waals surface area contributed by atoms with Crippen LogP contribution in [0.5, 0.6) is 11.5 Å². The van der Waals surface area contributed by atoms with Crippen molar-refractivity contribution in [1.29, 1.82) is 0 Å². The number of benzene rings is 2. The summed E-state index contributed by atoms with van der Waals surface area (Å²) >= 11 is 1.43. The third kappa shape index (κ3) is 4.01. The molecule has 0 saturated heterocycles. The number of thiophene rings is 1. The summed E-state index contributed by atoms with van der Waals surface area (Å²) < 4.78 is 12.9. The molecule has 2 aromatic heterocycles. The van der Waals surface area contributed by atoms with E-state index in [0.29, 0.717) is 34.2 Å². The van der Waals surface area contributed by atoms with Crippen LogP contribution in [0.1, 0.15) is 16.7 Å². The molecule has 0 aliphatic heterocycles. The number of anilines is 1. The van der Waals surface area contributed by atoms with E-state index in [4.69, 9.17) is 14.5 Å². The van der Waals surface area contributed by atoms with Crippen molar-refractivity contribution in [3.05, 3.63) is 69.5 Å². The molecule has 0 spiro atoms. The van der Waals surface area contributed by atoms with Crippen LogP contribution in [-0.2, 0) is 13.6 Å². The maximum absolute atomic E-state index is 13.0. The van der Waals surface area contributed by atoms with Gasteiger partial charge >= 0.3 is 0 Å². The highest BCUT2D eigenvalue weighted by Crippen LogP contribution is 2.36. The molecule has 0 radical (unpaired) electrons. The lowest BCUT2D eigenvalue weighted by Crippen LogP contribution is -2.21. The first-order valence-corrected chi connectivity index (χ1v) is 10.8. The first-order valence-electron chi connectivity index (χ1n) is 9.94. The number of methoxy groups -OCH3 is 2. The van der Waals surface area contributed by atoms with Gasteiger partial charge in [0.2, 0.25) is 5.95 Å². The number of nitrogens with one attached hydrogen (secondary N) is 1. The molecule has 0 aliphatic rings. The van der Waals surface area contributed by atoms with E-state index >= 15 is 0 Å². The molecule has 4 aromatic rings. The Morgan fingerprint density at radius 3 is 2.52 bits per heavy atom. The fourth-order valence-electron chi connectivity index (χ4n) is 3.56. The third-order valence-corrected chi connectivity index (χ3v) is 6.52. The molecule has 6 nitrogen and oxygen atoms in total. The topological polar surface area (TPSA) is 65.4 Å². The minimum atomic E-state index is -0.0649. The Morgan fingerprint density at radius 1 is 1.03 bits per heavy atom. The van der Waals surface area contributed by atoms with Gasteiger partial charge in [0, 0.05) is 18.5 Å².